The average molecular weight is 356 g/mol. The van der Waals surface area contributed by atoms with Gasteiger partial charge in [-0.05, 0) is 48.9 Å². The monoisotopic (exact) mass is 356 g/mol. The van der Waals surface area contributed by atoms with Crippen molar-refractivity contribution in [3.8, 4) is 17.2 Å². The number of nitrogens with zero attached hydrogens (tertiary/aromatic N) is 2. The number of ether oxygens (including phenoxy) is 2. The third kappa shape index (κ3) is 4.66. The Morgan fingerprint density at radius 2 is 1.81 bits per heavy atom. The van der Waals surface area contributed by atoms with E-state index in [4.69, 9.17) is 13.9 Å². The molecule has 2 aromatic carbocycles. The highest BCUT2D eigenvalue weighted by Crippen LogP contribution is 2.18. The molecule has 7 heteroatoms. The van der Waals surface area contributed by atoms with Crippen molar-refractivity contribution in [3.63, 3.8) is 0 Å². The van der Waals surface area contributed by atoms with Crippen LogP contribution in [0.4, 0.5) is 4.39 Å². The van der Waals surface area contributed by atoms with Gasteiger partial charge in [-0.1, -0.05) is 12.1 Å². The maximum absolute atomic E-state index is 12.9. The maximum Gasteiger partial charge on any atom is 0.310 e. The van der Waals surface area contributed by atoms with Gasteiger partial charge >= 0.3 is 5.97 Å². The Morgan fingerprint density at radius 1 is 1.08 bits per heavy atom. The fourth-order valence-corrected chi connectivity index (χ4v) is 2.25. The van der Waals surface area contributed by atoms with E-state index in [9.17, 15) is 9.18 Å². The van der Waals surface area contributed by atoms with Crippen LogP contribution in [0.5, 0.6) is 5.75 Å². The molecule has 1 aromatic heterocycles. The lowest BCUT2D eigenvalue weighted by Gasteiger charge is -2.05. The number of carbonyl (C=O) groups excluding carboxylic acids is 1. The molecule has 0 N–H and O–H groups in total. The minimum absolute atomic E-state index is 0.121. The van der Waals surface area contributed by atoms with Gasteiger partial charge in [0.1, 0.15) is 11.6 Å². The predicted molar refractivity (Wildman–Crippen MR) is 90.8 cm³/mol. The number of aromatic nitrogens is 2. The third-order valence-electron chi connectivity index (χ3n) is 3.50. The van der Waals surface area contributed by atoms with Gasteiger partial charge in [-0.15, -0.1) is 10.2 Å². The van der Waals surface area contributed by atoms with Gasteiger partial charge in [0.05, 0.1) is 13.0 Å². The first-order valence-electron chi connectivity index (χ1n) is 8.09. The summed E-state index contributed by atoms with van der Waals surface area (Å²) in [7, 11) is 0. The van der Waals surface area contributed by atoms with Gasteiger partial charge in [0.25, 0.3) is 5.89 Å². The van der Waals surface area contributed by atoms with Crippen LogP contribution in [0.25, 0.3) is 11.5 Å². The molecule has 0 atom stereocenters. The first-order chi connectivity index (χ1) is 12.6. The number of esters is 1. The van der Waals surface area contributed by atoms with Crippen molar-refractivity contribution in [3.05, 3.63) is 65.8 Å². The summed E-state index contributed by atoms with van der Waals surface area (Å²) in [5, 5.41) is 7.68. The quantitative estimate of drug-likeness (QED) is 0.603. The predicted octanol–water partition coefficient (Wildman–Crippen LogP) is 3.56. The third-order valence-corrected chi connectivity index (χ3v) is 3.50. The molecule has 134 valence electrons. The molecule has 0 amide bonds. The highest BCUT2D eigenvalue weighted by molar-refractivity contribution is 5.72. The lowest BCUT2D eigenvalue weighted by molar-refractivity contribution is -0.144. The van der Waals surface area contributed by atoms with Crippen molar-refractivity contribution < 1.29 is 23.1 Å². The highest BCUT2D eigenvalue weighted by atomic mass is 19.1. The second kappa shape index (κ2) is 8.24. The topological polar surface area (TPSA) is 74.5 Å². The Bertz CT molecular complexity index is 860. The van der Waals surface area contributed by atoms with Crippen molar-refractivity contribution in [2.45, 2.75) is 20.0 Å². The SMILES string of the molecule is CCOc1ccc(CC(=O)OCc2nnc(-c3ccc(F)cc3)o2)cc1. The zero-order valence-electron chi connectivity index (χ0n) is 14.1. The van der Waals surface area contributed by atoms with Gasteiger partial charge < -0.3 is 13.9 Å². The molecule has 6 nitrogen and oxygen atoms in total. The molecule has 1 heterocycles. The van der Waals surface area contributed by atoms with Crippen molar-refractivity contribution in [2.24, 2.45) is 0 Å². The van der Waals surface area contributed by atoms with E-state index >= 15 is 0 Å². The van der Waals surface area contributed by atoms with Crippen LogP contribution in [-0.2, 0) is 22.6 Å². The van der Waals surface area contributed by atoms with Crippen LogP contribution >= 0.6 is 0 Å². The molecule has 0 saturated heterocycles. The van der Waals surface area contributed by atoms with E-state index in [1.165, 1.54) is 24.3 Å². The molecule has 0 spiro atoms. The zero-order chi connectivity index (χ0) is 18.4. The van der Waals surface area contributed by atoms with Crippen LogP contribution in [0.15, 0.2) is 52.9 Å². The maximum atomic E-state index is 12.9. The van der Waals surface area contributed by atoms with E-state index in [0.717, 1.165) is 11.3 Å². The number of benzene rings is 2. The smallest absolute Gasteiger partial charge is 0.310 e. The van der Waals surface area contributed by atoms with E-state index in [1.54, 1.807) is 12.1 Å². The fourth-order valence-electron chi connectivity index (χ4n) is 2.25. The van der Waals surface area contributed by atoms with Crippen LogP contribution in [-0.4, -0.2) is 22.8 Å². The Kier molecular flexibility index (Phi) is 5.58. The Labute approximate surface area is 149 Å². The molecule has 0 aliphatic carbocycles. The molecule has 0 aliphatic rings. The second-order valence-corrected chi connectivity index (χ2v) is 5.42. The lowest BCUT2D eigenvalue weighted by atomic mass is 10.1. The standard InChI is InChI=1S/C19H17FN2O4/c1-2-24-16-9-3-13(4-10-16)11-18(23)25-12-17-21-22-19(26-17)14-5-7-15(20)8-6-14/h3-10H,2,11-12H2,1H3. The van der Waals surface area contributed by atoms with Gasteiger partial charge in [0.2, 0.25) is 5.89 Å². The van der Waals surface area contributed by atoms with Crippen molar-refractivity contribution in [2.75, 3.05) is 6.61 Å². The van der Waals surface area contributed by atoms with Gasteiger partial charge in [0, 0.05) is 5.56 Å². The Balaban J connectivity index is 1.52. The van der Waals surface area contributed by atoms with E-state index in [2.05, 4.69) is 10.2 Å². The van der Waals surface area contributed by atoms with E-state index < -0.39 is 5.97 Å². The summed E-state index contributed by atoms with van der Waals surface area (Å²) in [4.78, 5) is 11.9. The zero-order valence-corrected chi connectivity index (χ0v) is 14.1. The summed E-state index contributed by atoms with van der Waals surface area (Å²) in [6.45, 7) is 2.37. The number of hydrogen-bond donors (Lipinski definition) is 0. The minimum Gasteiger partial charge on any atom is -0.494 e. The summed E-state index contributed by atoms with van der Waals surface area (Å²) >= 11 is 0. The average Bonchev–Trinajstić information content (AvgIpc) is 3.11. The first kappa shape index (κ1) is 17.6. The molecule has 3 aromatic rings. The normalized spacial score (nSPS) is 10.5. The van der Waals surface area contributed by atoms with E-state index in [0.29, 0.717) is 12.2 Å². The summed E-state index contributed by atoms with van der Waals surface area (Å²) < 4.78 is 28.8. The Morgan fingerprint density at radius 3 is 2.50 bits per heavy atom. The molecule has 3 rings (SSSR count). The lowest BCUT2D eigenvalue weighted by Crippen LogP contribution is -2.08. The van der Waals surface area contributed by atoms with Gasteiger partial charge in [-0.25, -0.2) is 4.39 Å². The molecule has 0 radical (unpaired) electrons. The molecular weight excluding hydrogens is 339 g/mol. The number of hydrogen-bond acceptors (Lipinski definition) is 6. The Hall–Kier alpha value is -3.22. The second-order valence-electron chi connectivity index (χ2n) is 5.42. The number of halogens is 1. The molecular formula is C19H17FN2O4. The van der Waals surface area contributed by atoms with E-state index in [1.807, 2.05) is 19.1 Å². The van der Waals surface area contributed by atoms with Gasteiger partial charge in [0.15, 0.2) is 6.61 Å². The van der Waals surface area contributed by atoms with Crippen LogP contribution in [0.3, 0.4) is 0 Å². The number of carbonyl (C=O) groups is 1. The molecule has 26 heavy (non-hydrogen) atoms. The van der Waals surface area contributed by atoms with Crippen LogP contribution in [0.2, 0.25) is 0 Å². The molecule has 0 unspecified atom stereocenters. The largest absolute Gasteiger partial charge is 0.494 e. The summed E-state index contributed by atoms with van der Waals surface area (Å²) in [6, 6.07) is 12.9. The number of rotatable bonds is 7. The highest BCUT2D eigenvalue weighted by Gasteiger charge is 2.12. The minimum atomic E-state index is -0.407. The molecule has 0 saturated carbocycles. The van der Waals surface area contributed by atoms with Crippen molar-refractivity contribution in [1.82, 2.24) is 10.2 Å². The molecule has 0 bridgehead atoms. The van der Waals surface area contributed by atoms with Gasteiger partial charge in [-0.2, -0.15) is 0 Å². The molecule has 0 fully saturated rings. The summed E-state index contributed by atoms with van der Waals surface area (Å²) in [6.07, 6.45) is 0.130. The first-order valence-corrected chi connectivity index (χ1v) is 8.09. The fraction of sp³-hybridized carbons (Fsp3) is 0.211. The van der Waals surface area contributed by atoms with Crippen molar-refractivity contribution >= 4 is 5.97 Å². The van der Waals surface area contributed by atoms with Crippen LogP contribution < -0.4 is 4.74 Å². The van der Waals surface area contributed by atoms with Crippen LogP contribution in [0.1, 0.15) is 18.4 Å². The van der Waals surface area contributed by atoms with Crippen molar-refractivity contribution in [1.29, 1.82) is 0 Å². The van der Waals surface area contributed by atoms with E-state index in [-0.39, 0.29) is 30.6 Å². The van der Waals surface area contributed by atoms with Crippen LogP contribution in [0, 0.1) is 5.82 Å². The summed E-state index contributed by atoms with van der Waals surface area (Å²) in [5.41, 5.74) is 1.40. The summed E-state index contributed by atoms with van der Waals surface area (Å²) in [5.74, 6) is 0.406. The van der Waals surface area contributed by atoms with Gasteiger partial charge in [-0.3, -0.25) is 4.79 Å². The molecule has 0 aliphatic heterocycles.